The first-order valence-corrected chi connectivity index (χ1v) is 10.5. The van der Waals surface area contributed by atoms with Gasteiger partial charge in [0.15, 0.2) is 11.7 Å². The summed E-state index contributed by atoms with van der Waals surface area (Å²) in [6.45, 7) is 6.42. The Hall–Kier alpha value is -2.13. The van der Waals surface area contributed by atoms with E-state index in [0.717, 1.165) is 15.0 Å². The highest BCUT2D eigenvalue weighted by Gasteiger charge is 2.28. The summed E-state index contributed by atoms with van der Waals surface area (Å²) < 4.78 is 11.8. The van der Waals surface area contributed by atoms with E-state index in [-0.39, 0.29) is 18.6 Å². The molecule has 0 saturated carbocycles. The molecule has 7 nitrogen and oxygen atoms in total. The van der Waals surface area contributed by atoms with Crippen LogP contribution in [0.2, 0.25) is 0 Å². The lowest BCUT2D eigenvalue weighted by Gasteiger charge is -2.29. The molecule has 1 N–H and O–H groups in total. The minimum absolute atomic E-state index is 0.101. The van der Waals surface area contributed by atoms with Gasteiger partial charge < -0.3 is 14.4 Å². The van der Waals surface area contributed by atoms with Gasteiger partial charge in [-0.2, -0.15) is 0 Å². The summed E-state index contributed by atoms with van der Waals surface area (Å²) in [6.07, 6.45) is 0.302. The van der Waals surface area contributed by atoms with E-state index < -0.39 is 5.60 Å². The van der Waals surface area contributed by atoms with Crippen molar-refractivity contribution >= 4 is 44.4 Å². The summed E-state index contributed by atoms with van der Waals surface area (Å²) >= 11 is 4.72. The monoisotopic (exact) mass is 467 g/mol. The average Bonchev–Trinajstić information content (AvgIpc) is 3.01. The average molecular weight is 468 g/mol. The molecular formula is C19H22BrN3O4S. The van der Waals surface area contributed by atoms with Gasteiger partial charge >= 0.3 is 6.09 Å². The minimum atomic E-state index is -0.529. The van der Waals surface area contributed by atoms with Gasteiger partial charge in [-0.25, -0.2) is 9.78 Å². The first kappa shape index (κ1) is 20.6. The van der Waals surface area contributed by atoms with Gasteiger partial charge in [0, 0.05) is 22.3 Å². The van der Waals surface area contributed by atoms with Crippen LogP contribution in [0.25, 0.3) is 0 Å². The zero-order valence-electron chi connectivity index (χ0n) is 16.0. The van der Waals surface area contributed by atoms with E-state index in [2.05, 4.69) is 26.2 Å². The Balaban J connectivity index is 1.54. The third-order valence-corrected chi connectivity index (χ3v) is 5.34. The van der Waals surface area contributed by atoms with Gasteiger partial charge in [0.05, 0.1) is 12.2 Å². The Morgan fingerprint density at radius 3 is 2.68 bits per heavy atom. The zero-order chi connectivity index (χ0) is 20.3. The molecule has 9 heteroatoms. The summed E-state index contributed by atoms with van der Waals surface area (Å²) in [7, 11) is 0. The van der Waals surface area contributed by atoms with E-state index in [4.69, 9.17) is 9.47 Å². The van der Waals surface area contributed by atoms with Gasteiger partial charge in [0.1, 0.15) is 11.4 Å². The van der Waals surface area contributed by atoms with E-state index in [0.29, 0.717) is 30.4 Å². The number of fused-ring (bicyclic) bond motifs is 1. The van der Waals surface area contributed by atoms with Crippen molar-refractivity contribution in [3.8, 4) is 5.75 Å². The van der Waals surface area contributed by atoms with Crippen LogP contribution >= 0.6 is 27.3 Å². The Morgan fingerprint density at radius 1 is 1.29 bits per heavy atom. The third kappa shape index (κ3) is 5.68. The van der Waals surface area contributed by atoms with E-state index in [1.807, 2.05) is 32.9 Å². The fraction of sp³-hybridized carbons (Fsp3) is 0.421. The lowest BCUT2D eigenvalue weighted by molar-refractivity contribution is -0.118. The molecule has 2 aromatic rings. The standard InChI is InChI=1S/C19H22BrN3O4S/c1-19(2,3)27-18(25)23-9-8-14-15(10-23)28-17(21-14)22-16(24)11-26-13-6-4-12(20)5-7-13/h4-7H,8-11H2,1-3H3,(H,21,22,24). The number of nitrogens with one attached hydrogen (secondary N) is 1. The number of thiazole rings is 1. The number of carbonyl (C=O) groups excluding carboxylic acids is 2. The van der Waals surface area contributed by atoms with Crippen LogP contribution in [-0.2, 0) is 22.5 Å². The fourth-order valence-corrected chi connectivity index (χ4v) is 3.87. The molecule has 0 atom stereocenters. The molecule has 0 bridgehead atoms. The fourth-order valence-electron chi connectivity index (χ4n) is 2.57. The molecule has 0 saturated heterocycles. The maximum atomic E-state index is 12.2. The highest BCUT2D eigenvalue weighted by Crippen LogP contribution is 2.29. The summed E-state index contributed by atoms with van der Waals surface area (Å²) in [5.74, 6) is 0.336. The minimum Gasteiger partial charge on any atom is -0.484 e. The molecule has 150 valence electrons. The second-order valence-corrected chi connectivity index (χ2v) is 9.33. The van der Waals surface area contributed by atoms with E-state index in [1.54, 1.807) is 17.0 Å². The number of anilines is 1. The highest BCUT2D eigenvalue weighted by molar-refractivity contribution is 9.10. The number of amides is 2. The molecule has 3 rings (SSSR count). The molecule has 2 amide bonds. The van der Waals surface area contributed by atoms with Crippen LogP contribution in [0.4, 0.5) is 9.93 Å². The number of nitrogens with zero attached hydrogens (tertiary/aromatic N) is 2. The van der Waals surface area contributed by atoms with Crippen molar-refractivity contribution in [2.45, 2.75) is 39.3 Å². The molecule has 0 spiro atoms. The van der Waals surface area contributed by atoms with Crippen LogP contribution in [0, 0.1) is 0 Å². The Kier molecular flexibility index (Phi) is 6.24. The van der Waals surface area contributed by atoms with Crippen molar-refractivity contribution in [2.75, 3.05) is 18.5 Å². The molecule has 0 fully saturated rings. The SMILES string of the molecule is CC(C)(C)OC(=O)N1CCc2nc(NC(=O)COc3ccc(Br)cc3)sc2C1. The normalized spacial score (nSPS) is 13.6. The predicted octanol–water partition coefficient (Wildman–Crippen LogP) is 4.22. The molecule has 0 aliphatic carbocycles. The van der Waals surface area contributed by atoms with Gasteiger partial charge in [-0.05, 0) is 45.0 Å². The summed E-state index contributed by atoms with van der Waals surface area (Å²) in [5.41, 5.74) is 0.382. The number of ether oxygens (including phenoxy) is 2. The molecule has 2 heterocycles. The van der Waals surface area contributed by atoms with Crippen molar-refractivity contribution in [1.29, 1.82) is 0 Å². The van der Waals surface area contributed by atoms with Crippen molar-refractivity contribution in [3.05, 3.63) is 39.3 Å². The summed E-state index contributed by atoms with van der Waals surface area (Å²) in [5, 5.41) is 3.28. The number of halogens is 1. The first-order valence-electron chi connectivity index (χ1n) is 8.84. The Labute approximate surface area is 176 Å². The van der Waals surface area contributed by atoms with Gasteiger partial charge in [-0.15, -0.1) is 0 Å². The van der Waals surface area contributed by atoms with E-state index >= 15 is 0 Å². The smallest absolute Gasteiger partial charge is 0.410 e. The second-order valence-electron chi connectivity index (χ2n) is 7.33. The van der Waals surface area contributed by atoms with Crippen molar-refractivity contribution in [3.63, 3.8) is 0 Å². The lowest BCUT2D eigenvalue weighted by Crippen LogP contribution is -2.39. The topological polar surface area (TPSA) is 80.8 Å². The molecule has 0 radical (unpaired) electrons. The molecule has 0 unspecified atom stereocenters. The molecule has 1 aromatic heterocycles. The van der Waals surface area contributed by atoms with Gasteiger partial charge in [0.2, 0.25) is 0 Å². The first-order chi connectivity index (χ1) is 13.2. The molecular weight excluding hydrogens is 446 g/mol. The maximum absolute atomic E-state index is 12.2. The zero-order valence-corrected chi connectivity index (χ0v) is 18.4. The largest absolute Gasteiger partial charge is 0.484 e. The summed E-state index contributed by atoms with van der Waals surface area (Å²) in [4.78, 5) is 31.5. The van der Waals surface area contributed by atoms with E-state index in [9.17, 15) is 9.59 Å². The number of carbonyl (C=O) groups is 2. The van der Waals surface area contributed by atoms with Crippen LogP contribution in [-0.4, -0.2) is 40.6 Å². The third-order valence-electron chi connectivity index (χ3n) is 3.81. The van der Waals surface area contributed by atoms with Crippen LogP contribution in [0.3, 0.4) is 0 Å². The summed E-state index contributed by atoms with van der Waals surface area (Å²) in [6, 6.07) is 7.26. The van der Waals surface area contributed by atoms with Crippen molar-refractivity contribution < 1.29 is 19.1 Å². The van der Waals surface area contributed by atoms with Crippen LogP contribution in [0.1, 0.15) is 31.3 Å². The number of hydrogen-bond donors (Lipinski definition) is 1. The van der Waals surface area contributed by atoms with Crippen molar-refractivity contribution in [2.24, 2.45) is 0 Å². The predicted molar refractivity (Wildman–Crippen MR) is 111 cm³/mol. The van der Waals surface area contributed by atoms with Crippen LogP contribution in [0.5, 0.6) is 5.75 Å². The van der Waals surface area contributed by atoms with Gasteiger partial charge in [-0.3, -0.25) is 10.1 Å². The Morgan fingerprint density at radius 2 is 2.00 bits per heavy atom. The lowest BCUT2D eigenvalue weighted by atomic mass is 10.2. The highest BCUT2D eigenvalue weighted by atomic mass is 79.9. The molecule has 1 aliphatic heterocycles. The van der Waals surface area contributed by atoms with Crippen molar-refractivity contribution in [1.82, 2.24) is 9.88 Å². The molecule has 1 aliphatic rings. The molecule has 28 heavy (non-hydrogen) atoms. The number of rotatable bonds is 4. The number of benzene rings is 1. The number of aromatic nitrogens is 1. The number of hydrogen-bond acceptors (Lipinski definition) is 6. The van der Waals surface area contributed by atoms with Gasteiger partial charge in [0.25, 0.3) is 5.91 Å². The van der Waals surface area contributed by atoms with E-state index in [1.165, 1.54) is 11.3 Å². The maximum Gasteiger partial charge on any atom is 0.410 e. The molecule has 1 aromatic carbocycles. The Bertz CT molecular complexity index is 861. The second kappa shape index (κ2) is 8.48. The quantitative estimate of drug-likeness (QED) is 0.727. The van der Waals surface area contributed by atoms with Gasteiger partial charge in [-0.1, -0.05) is 27.3 Å². The van der Waals surface area contributed by atoms with Crippen LogP contribution < -0.4 is 10.1 Å². The van der Waals surface area contributed by atoms with Crippen LogP contribution in [0.15, 0.2) is 28.7 Å².